The molecule has 0 unspecified atom stereocenters. The molecule has 0 amide bonds. The van der Waals surface area contributed by atoms with Crippen LogP contribution in [0.3, 0.4) is 0 Å². The van der Waals surface area contributed by atoms with Crippen LogP contribution in [0, 0.1) is 5.82 Å². The number of ether oxygens (including phenoxy) is 1. The van der Waals surface area contributed by atoms with Gasteiger partial charge in [-0.25, -0.2) is 9.18 Å². The second kappa shape index (κ2) is 5.97. The Morgan fingerprint density at radius 2 is 1.45 bits per heavy atom. The van der Waals surface area contributed by atoms with Gasteiger partial charge in [0.1, 0.15) is 11.6 Å². The molecule has 102 valence electrons. The fourth-order valence-electron chi connectivity index (χ4n) is 1.62. The van der Waals surface area contributed by atoms with Crippen LogP contribution in [0.4, 0.5) is 4.39 Å². The van der Waals surface area contributed by atoms with Crippen LogP contribution in [0.2, 0.25) is 0 Å². The summed E-state index contributed by atoms with van der Waals surface area (Å²) in [5.41, 5.74) is 0.796. The SMILES string of the molecule is O=C(O)COc1ccc(C(=O)c2ccc(F)cc2)cc1. The van der Waals surface area contributed by atoms with E-state index in [2.05, 4.69) is 0 Å². The first-order chi connectivity index (χ1) is 9.56. The highest BCUT2D eigenvalue weighted by Crippen LogP contribution is 2.15. The van der Waals surface area contributed by atoms with E-state index in [0.717, 1.165) is 0 Å². The average molecular weight is 274 g/mol. The number of benzene rings is 2. The first kappa shape index (κ1) is 13.7. The summed E-state index contributed by atoms with van der Waals surface area (Å²) in [5, 5.41) is 8.48. The highest BCUT2D eigenvalue weighted by Gasteiger charge is 2.09. The fourth-order valence-corrected chi connectivity index (χ4v) is 1.62. The van der Waals surface area contributed by atoms with Gasteiger partial charge < -0.3 is 9.84 Å². The molecule has 2 rings (SSSR count). The molecule has 0 saturated carbocycles. The highest BCUT2D eigenvalue weighted by molar-refractivity contribution is 6.08. The van der Waals surface area contributed by atoms with Crippen LogP contribution in [0.25, 0.3) is 0 Å². The number of carbonyl (C=O) groups is 2. The van der Waals surface area contributed by atoms with Crippen LogP contribution in [-0.4, -0.2) is 23.5 Å². The maximum Gasteiger partial charge on any atom is 0.341 e. The van der Waals surface area contributed by atoms with Gasteiger partial charge in [0.05, 0.1) is 0 Å². The van der Waals surface area contributed by atoms with E-state index >= 15 is 0 Å². The van der Waals surface area contributed by atoms with Crippen molar-refractivity contribution in [1.29, 1.82) is 0 Å². The summed E-state index contributed by atoms with van der Waals surface area (Å²) in [6.07, 6.45) is 0. The Labute approximate surface area is 114 Å². The van der Waals surface area contributed by atoms with Crippen molar-refractivity contribution in [2.45, 2.75) is 0 Å². The molecule has 4 nitrogen and oxygen atoms in total. The lowest BCUT2D eigenvalue weighted by Gasteiger charge is -2.05. The lowest BCUT2D eigenvalue weighted by atomic mass is 10.0. The fraction of sp³-hybridized carbons (Fsp3) is 0.0667. The summed E-state index contributed by atoms with van der Waals surface area (Å²) in [5.74, 6) is -1.35. The lowest BCUT2D eigenvalue weighted by molar-refractivity contribution is -0.139. The first-order valence-corrected chi connectivity index (χ1v) is 5.81. The van der Waals surface area contributed by atoms with Gasteiger partial charge in [0.15, 0.2) is 12.4 Å². The van der Waals surface area contributed by atoms with Gasteiger partial charge in [0.2, 0.25) is 0 Å². The van der Waals surface area contributed by atoms with Crippen molar-refractivity contribution in [2.75, 3.05) is 6.61 Å². The van der Waals surface area contributed by atoms with Crippen LogP contribution in [0.15, 0.2) is 48.5 Å². The maximum absolute atomic E-state index is 12.8. The zero-order valence-electron chi connectivity index (χ0n) is 10.4. The molecular weight excluding hydrogens is 263 g/mol. The summed E-state index contributed by atoms with van der Waals surface area (Å²) in [7, 11) is 0. The van der Waals surface area contributed by atoms with Crippen LogP contribution in [-0.2, 0) is 4.79 Å². The molecule has 20 heavy (non-hydrogen) atoms. The Hall–Kier alpha value is -2.69. The standard InChI is InChI=1S/C15H11FO4/c16-12-5-1-10(2-6-12)15(19)11-3-7-13(8-4-11)20-9-14(17)18/h1-8H,9H2,(H,17,18). The van der Waals surface area contributed by atoms with Crippen LogP contribution in [0.5, 0.6) is 5.75 Å². The van der Waals surface area contributed by atoms with E-state index in [1.165, 1.54) is 48.5 Å². The minimum absolute atomic E-state index is 0.241. The summed E-state index contributed by atoms with van der Waals surface area (Å²) < 4.78 is 17.7. The number of carboxylic acid groups (broad SMARTS) is 1. The number of hydrogen-bond donors (Lipinski definition) is 1. The van der Waals surface area contributed by atoms with E-state index in [9.17, 15) is 14.0 Å². The smallest absolute Gasteiger partial charge is 0.341 e. The van der Waals surface area contributed by atoms with Crippen molar-refractivity contribution in [3.05, 3.63) is 65.5 Å². The molecule has 0 bridgehead atoms. The predicted octanol–water partition coefficient (Wildman–Crippen LogP) is 2.52. The second-order valence-corrected chi connectivity index (χ2v) is 4.04. The third-order valence-electron chi connectivity index (χ3n) is 2.59. The molecule has 5 heteroatoms. The van der Waals surface area contributed by atoms with Gasteiger partial charge >= 0.3 is 5.97 Å². The van der Waals surface area contributed by atoms with Gasteiger partial charge in [-0.1, -0.05) is 0 Å². The van der Waals surface area contributed by atoms with Gasteiger partial charge in [-0.05, 0) is 48.5 Å². The normalized spacial score (nSPS) is 10.1. The van der Waals surface area contributed by atoms with Gasteiger partial charge in [-0.3, -0.25) is 4.79 Å². The molecule has 0 aliphatic heterocycles. The van der Waals surface area contributed by atoms with Gasteiger partial charge in [0, 0.05) is 11.1 Å². The number of hydrogen-bond acceptors (Lipinski definition) is 3. The molecule has 0 heterocycles. The van der Waals surface area contributed by atoms with Crippen molar-refractivity contribution >= 4 is 11.8 Å². The molecule has 0 aliphatic rings. The molecule has 0 atom stereocenters. The molecule has 0 fully saturated rings. The highest BCUT2D eigenvalue weighted by atomic mass is 19.1. The second-order valence-electron chi connectivity index (χ2n) is 4.04. The largest absolute Gasteiger partial charge is 0.482 e. The summed E-state index contributed by atoms with van der Waals surface area (Å²) in [6.45, 7) is -0.439. The van der Waals surface area contributed by atoms with E-state index < -0.39 is 18.4 Å². The number of rotatable bonds is 5. The number of halogens is 1. The Balaban J connectivity index is 2.11. The third kappa shape index (κ3) is 3.41. The van der Waals surface area contributed by atoms with E-state index in [4.69, 9.17) is 9.84 Å². The summed E-state index contributed by atoms with van der Waals surface area (Å²) in [4.78, 5) is 22.4. The molecule has 0 saturated heterocycles. The zero-order valence-corrected chi connectivity index (χ0v) is 10.4. The predicted molar refractivity (Wildman–Crippen MR) is 69.4 cm³/mol. The van der Waals surface area contributed by atoms with Crippen molar-refractivity contribution < 1.29 is 23.8 Å². The minimum Gasteiger partial charge on any atom is -0.482 e. The molecule has 0 spiro atoms. The number of aliphatic carboxylic acids is 1. The topological polar surface area (TPSA) is 63.6 Å². The Morgan fingerprint density at radius 1 is 0.950 bits per heavy atom. The molecule has 2 aromatic carbocycles. The molecule has 0 radical (unpaired) electrons. The number of carbonyl (C=O) groups excluding carboxylic acids is 1. The summed E-state index contributed by atoms with van der Waals surface area (Å²) in [6, 6.07) is 11.3. The molecule has 0 aliphatic carbocycles. The number of ketones is 1. The van der Waals surface area contributed by atoms with E-state index in [1.54, 1.807) is 0 Å². The van der Waals surface area contributed by atoms with E-state index in [1.807, 2.05) is 0 Å². The first-order valence-electron chi connectivity index (χ1n) is 5.81. The van der Waals surface area contributed by atoms with Gasteiger partial charge in [-0.2, -0.15) is 0 Å². The molecule has 1 N–H and O–H groups in total. The molecule has 0 aromatic heterocycles. The Kier molecular flexibility index (Phi) is 4.10. The lowest BCUT2D eigenvalue weighted by Crippen LogP contribution is -2.09. The van der Waals surface area contributed by atoms with Crippen molar-refractivity contribution in [1.82, 2.24) is 0 Å². The Bertz CT molecular complexity index is 617. The van der Waals surface area contributed by atoms with E-state index in [-0.39, 0.29) is 5.78 Å². The van der Waals surface area contributed by atoms with Gasteiger partial charge in [-0.15, -0.1) is 0 Å². The van der Waals surface area contributed by atoms with Crippen LogP contribution < -0.4 is 4.74 Å². The third-order valence-corrected chi connectivity index (χ3v) is 2.59. The van der Waals surface area contributed by atoms with Crippen molar-refractivity contribution in [3.63, 3.8) is 0 Å². The molecular formula is C15H11FO4. The quantitative estimate of drug-likeness (QED) is 0.851. The van der Waals surface area contributed by atoms with Gasteiger partial charge in [0.25, 0.3) is 0 Å². The number of carboxylic acids is 1. The van der Waals surface area contributed by atoms with E-state index in [0.29, 0.717) is 16.9 Å². The zero-order chi connectivity index (χ0) is 14.5. The van der Waals surface area contributed by atoms with Crippen LogP contribution in [0.1, 0.15) is 15.9 Å². The van der Waals surface area contributed by atoms with Crippen LogP contribution >= 0.6 is 0 Å². The van der Waals surface area contributed by atoms with Crippen molar-refractivity contribution in [2.24, 2.45) is 0 Å². The molecule has 2 aromatic rings. The average Bonchev–Trinajstić information content (AvgIpc) is 2.46. The minimum atomic E-state index is -1.07. The maximum atomic E-state index is 12.8. The monoisotopic (exact) mass is 274 g/mol. The Morgan fingerprint density at radius 3 is 1.95 bits per heavy atom. The van der Waals surface area contributed by atoms with Crippen molar-refractivity contribution in [3.8, 4) is 5.75 Å². The summed E-state index contributed by atoms with van der Waals surface area (Å²) >= 11 is 0.